The number of nitrogens with one attached hydrogen (secondary N) is 2. The Morgan fingerprint density at radius 3 is 2.13 bits per heavy atom. The normalized spacial score (nSPS) is 21.9. The Morgan fingerprint density at radius 1 is 0.895 bits per heavy atom. The van der Waals surface area contributed by atoms with Crippen molar-refractivity contribution in [1.82, 2.24) is 15.7 Å². The van der Waals surface area contributed by atoms with Crippen molar-refractivity contribution >= 4 is 23.9 Å². The van der Waals surface area contributed by atoms with Crippen LogP contribution < -0.4 is 10.6 Å². The Labute approximate surface area is 223 Å². The molecular weight excluding hydrogens is 494 g/mol. The number of ether oxygens (including phenoxy) is 3. The molecule has 3 aliphatic rings. The summed E-state index contributed by atoms with van der Waals surface area (Å²) < 4.78 is 16.3. The van der Waals surface area contributed by atoms with Gasteiger partial charge in [-0.15, -0.1) is 16.9 Å². The van der Waals surface area contributed by atoms with Crippen molar-refractivity contribution in [3.05, 3.63) is 12.3 Å². The van der Waals surface area contributed by atoms with E-state index in [9.17, 15) is 19.2 Å². The number of hydrogen-bond acceptors (Lipinski definition) is 9. The molecule has 3 amide bonds. The van der Waals surface area contributed by atoms with Crippen LogP contribution in [-0.4, -0.2) is 75.1 Å². The SMILES string of the molecule is C=C(CCCC(=O)ON1C(=O)CCC1=O)NCCOCCOCCNC(=O)OCC1[C@H]2CCC#CCC[C@@H]12. The lowest BCUT2D eigenvalue weighted by Gasteiger charge is -2.13. The monoisotopic (exact) mass is 533 g/mol. The highest BCUT2D eigenvalue weighted by molar-refractivity contribution is 6.01. The van der Waals surface area contributed by atoms with E-state index in [-0.39, 0.29) is 19.3 Å². The van der Waals surface area contributed by atoms with Crippen LogP contribution in [0, 0.1) is 29.6 Å². The third-order valence-electron chi connectivity index (χ3n) is 6.81. The summed E-state index contributed by atoms with van der Waals surface area (Å²) in [6.07, 6.45) is 4.98. The summed E-state index contributed by atoms with van der Waals surface area (Å²) in [5.74, 6) is 6.58. The van der Waals surface area contributed by atoms with E-state index in [1.165, 1.54) is 0 Å². The van der Waals surface area contributed by atoms with Gasteiger partial charge in [-0.3, -0.25) is 9.59 Å². The summed E-state index contributed by atoms with van der Waals surface area (Å²) >= 11 is 0. The predicted molar refractivity (Wildman–Crippen MR) is 136 cm³/mol. The maximum atomic E-state index is 11.9. The van der Waals surface area contributed by atoms with Gasteiger partial charge >= 0.3 is 12.1 Å². The molecule has 1 saturated carbocycles. The number of imide groups is 1. The second-order valence-electron chi connectivity index (χ2n) is 9.60. The molecule has 3 rings (SSSR count). The molecule has 210 valence electrons. The maximum Gasteiger partial charge on any atom is 0.407 e. The van der Waals surface area contributed by atoms with Crippen LogP contribution in [0.2, 0.25) is 0 Å². The Bertz CT molecular complexity index is 878. The van der Waals surface area contributed by atoms with E-state index in [2.05, 4.69) is 29.1 Å². The summed E-state index contributed by atoms with van der Waals surface area (Å²) in [5, 5.41) is 6.38. The lowest BCUT2D eigenvalue weighted by atomic mass is 10.1. The molecule has 0 aromatic carbocycles. The summed E-state index contributed by atoms with van der Waals surface area (Å²) in [7, 11) is 0. The number of hydroxylamine groups is 2. The van der Waals surface area contributed by atoms with Crippen molar-refractivity contribution in [2.24, 2.45) is 17.8 Å². The number of hydrogen-bond donors (Lipinski definition) is 2. The average molecular weight is 534 g/mol. The molecule has 1 saturated heterocycles. The van der Waals surface area contributed by atoms with Crippen LogP contribution in [0.25, 0.3) is 0 Å². The molecule has 1 heterocycles. The van der Waals surface area contributed by atoms with Gasteiger partial charge in [-0.05, 0) is 43.4 Å². The Balaban J connectivity index is 1.06. The number of rotatable bonds is 17. The molecule has 2 N–H and O–H groups in total. The van der Waals surface area contributed by atoms with Crippen LogP contribution in [-0.2, 0) is 33.4 Å². The van der Waals surface area contributed by atoms with E-state index < -0.39 is 23.9 Å². The van der Waals surface area contributed by atoms with Gasteiger partial charge in [0.05, 0.1) is 33.0 Å². The first-order valence-electron chi connectivity index (χ1n) is 13.5. The molecule has 0 radical (unpaired) electrons. The number of alkyl carbamates (subject to hydrolysis) is 1. The lowest BCUT2D eigenvalue weighted by molar-refractivity contribution is -0.197. The molecule has 1 unspecified atom stereocenters. The Hall–Kier alpha value is -3.10. The van der Waals surface area contributed by atoms with Gasteiger partial charge in [-0.1, -0.05) is 6.58 Å². The van der Waals surface area contributed by atoms with E-state index in [0.29, 0.717) is 81.8 Å². The molecule has 2 aliphatic carbocycles. The molecule has 11 heteroatoms. The standard InChI is InChI=1S/C27H39N3O8/c1-20(7-6-10-26(33)38-30-24(31)11-12-25(30)32)28-13-15-35-17-18-36-16-14-29-27(34)37-19-23-21-8-4-2-3-5-9-22(21)23/h21-23,28H,1,4-19H2,(H,29,34)/t21-,22+,23?. The van der Waals surface area contributed by atoms with Crippen LogP contribution >= 0.6 is 0 Å². The molecule has 0 aromatic rings. The van der Waals surface area contributed by atoms with Crippen molar-refractivity contribution in [2.75, 3.05) is 46.1 Å². The Kier molecular flexibility index (Phi) is 12.4. The summed E-state index contributed by atoms with van der Waals surface area (Å²) in [5.41, 5.74) is 0.754. The van der Waals surface area contributed by atoms with Crippen LogP contribution in [0.4, 0.5) is 4.79 Å². The number of allylic oxidation sites excluding steroid dienone is 1. The third kappa shape index (κ3) is 10.3. The number of carbonyl (C=O) groups is 4. The lowest BCUT2D eigenvalue weighted by Crippen LogP contribution is -2.32. The fourth-order valence-corrected chi connectivity index (χ4v) is 4.69. The molecule has 38 heavy (non-hydrogen) atoms. The summed E-state index contributed by atoms with van der Waals surface area (Å²) in [6, 6.07) is 0. The molecule has 1 aliphatic heterocycles. The van der Waals surface area contributed by atoms with E-state index in [1.54, 1.807) is 0 Å². The number of carbonyl (C=O) groups excluding carboxylic acids is 4. The highest BCUT2D eigenvalue weighted by atomic mass is 16.7. The molecule has 0 spiro atoms. The highest BCUT2D eigenvalue weighted by Gasteiger charge is 2.49. The average Bonchev–Trinajstić information content (AvgIpc) is 3.42. The van der Waals surface area contributed by atoms with E-state index in [1.807, 2.05) is 0 Å². The molecule has 0 bridgehead atoms. The topological polar surface area (TPSA) is 132 Å². The van der Waals surface area contributed by atoms with Crippen LogP contribution in [0.3, 0.4) is 0 Å². The fraction of sp³-hybridized carbons (Fsp3) is 0.704. The summed E-state index contributed by atoms with van der Waals surface area (Å²) in [6.45, 7) is 6.99. The molecule has 11 nitrogen and oxygen atoms in total. The van der Waals surface area contributed by atoms with Crippen molar-refractivity contribution < 1.29 is 38.2 Å². The maximum absolute atomic E-state index is 11.9. The zero-order chi connectivity index (χ0) is 27.2. The first kappa shape index (κ1) is 29.5. The van der Waals surface area contributed by atoms with Gasteiger partial charge in [-0.25, -0.2) is 9.59 Å². The van der Waals surface area contributed by atoms with Gasteiger partial charge < -0.3 is 29.7 Å². The van der Waals surface area contributed by atoms with Gasteiger partial charge in [0.1, 0.15) is 0 Å². The van der Waals surface area contributed by atoms with Gasteiger partial charge in [0, 0.05) is 50.9 Å². The van der Waals surface area contributed by atoms with E-state index in [0.717, 1.165) is 31.4 Å². The van der Waals surface area contributed by atoms with Crippen molar-refractivity contribution in [3.8, 4) is 11.8 Å². The van der Waals surface area contributed by atoms with Crippen molar-refractivity contribution in [2.45, 2.75) is 57.8 Å². The van der Waals surface area contributed by atoms with Crippen molar-refractivity contribution in [3.63, 3.8) is 0 Å². The highest BCUT2D eigenvalue weighted by Crippen LogP contribution is 2.52. The van der Waals surface area contributed by atoms with Gasteiger partial charge in [0.2, 0.25) is 0 Å². The molecule has 0 aromatic heterocycles. The number of nitrogens with zero attached hydrogens (tertiary/aromatic N) is 1. The molecule has 3 atom stereocenters. The number of fused-ring (bicyclic) bond motifs is 1. The summed E-state index contributed by atoms with van der Waals surface area (Å²) in [4.78, 5) is 51.3. The van der Waals surface area contributed by atoms with Gasteiger partial charge in [0.25, 0.3) is 11.8 Å². The fourth-order valence-electron chi connectivity index (χ4n) is 4.69. The van der Waals surface area contributed by atoms with Gasteiger partial charge in [0.15, 0.2) is 0 Å². The zero-order valence-electron chi connectivity index (χ0n) is 22.0. The minimum Gasteiger partial charge on any atom is -0.449 e. The van der Waals surface area contributed by atoms with Crippen molar-refractivity contribution in [1.29, 1.82) is 0 Å². The molecule has 2 fully saturated rings. The quantitative estimate of drug-likeness (QED) is 0.164. The van der Waals surface area contributed by atoms with E-state index in [4.69, 9.17) is 19.0 Å². The smallest absolute Gasteiger partial charge is 0.407 e. The largest absolute Gasteiger partial charge is 0.449 e. The first-order chi connectivity index (χ1) is 18.5. The third-order valence-corrected chi connectivity index (χ3v) is 6.81. The van der Waals surface area contributed by atoms with Crippen LogP contribution in [0.15, 0.2) is 12.3 Å². The minimum absolute atomic E-state index is 0.0762. The predicted octanol–water partition coefficient (Wildman–Crippen LogP) is 2.07. The van der Waals surface area contributed by atoms with E-state index >= 15 is 0 Å². The van der Waals surface area contributed by atoms with Crippen LogP contribution in [0.5, 0.6) is 0 Å². The van der Waals surface area contributed by atoms with Crippen LogP contribution in [0.1, 0.15) is 57.8 Å². The second-order valence-corrected chi connectivity index (χ2v) is 9.60. The zero-order valence-corrected chi connectivity index (χ0v) is 22.0. The second kappa shape index (κ2) is 16.0. The molecular formula is C27H39N3O8. The Morgan fingerprint density at radius 2 is 1.50 bits per heavy atom. The van der Waals surface area contributed by atoms with Gasteiger partial charge in [-0.2, -0.15) is 0 Å². The minimum atomic E-state index is -0.617. The number of amides is 3. The first-order valence-corrected chi connectivity index (χ1v) is 13.5.